The van der Waals surface area contributed by atoms with Crippen molar-refractivity contribution in [2.24, 2.45) is 0 Å². The van der Waals surface area contributed by atoms with Gasteiger partial charge in [0.05, 0.1) is 0 Å². The fraction of sp³-hybridized carbons (Fsp3) is 0.222. The van der Waals surface area contributed by atoms with Crippen LogP contribution in [0.15, 0.2) is 89.6 Å². The zero-order valence-corrected chi connectivity index (χ0v) is 41.8. The summed E-state index contributed by atoms with van der Waals surface area (Å²) in [6, 6.07) is 15.3. The molecule has 0 unspecified atom stereocenters. The third kappa shape index (κ3) is 11.2. The Bertz CT molecular complexity index is 3410. The monoisotopic (exact) mass is 1040 g/mol. The van der Waals surface area contributed by atoms with Crippen molar-refractivity contribution in [3.63, 3.8) is 0 Å². The van der Waals surface area contributed by atoms with Crippen LogP contribution in [0.1, 0.15) is 84.5 Å². The van der Waals surface area contributed by atoms with Gasteiger partial charge < -0.3 is 27.8 Å². The van der Waals surface area contributed by atoms with Crippen LogP contribution in [0, 0.1) is 51.0 Å². The van der Waals surface area contributed by atoms with Crippen molar-refractivity contribution >= 4 is 62.4 Å². The van der Waals surface area contributed by atoms with Crippen molar-refractivity contribution in [1.82, 2.24) is 0 Å². The highest BCUT2D eigenvalue weighted by atomic mass is 79.9. The first-order valence-electron chi connectivity index (χ1n) is 22.0. The Hall–Kier alpha value is -7.66. The number of aldehydes is 2. The van der Waals surface area contributed by atoms with Crippen LogP contribution in [-0.4, -0.2) is 38.1 Å². The van der Waals surface area contributed by atoms with Crippen LogP contribution >= 0.6 is 15.9 Å². The van der Waals surface area contributed by atoms with Crippen LogP contribution in [0.2, 0.25) is 0 Å². The van der Waals surface area contributed by atoms with Gasteiger partial charge >= 0.3 is 11.9 Å². The number of carbonyl (C=O) groups excluding carboxylic acids is 4. The summed E-state index contributed by atoms with van der Waals surface area (Å²) in [6.45, 7) is 16.0. The fourth-order valence-corrected chi connectivity index (χ4v) is 8.15. The summed E-state index contributed by atoms with van der Waals surface area (Å²) in [7, 11) is 0. The molecule has 71 heavy (non-hydrogen) atoms. The van der Waals surface area contributed by atoms with E-state index in [-0.39, 0.29) is 60.9 Å². The minimum atomic E-state index is -1.00. The Kier molecular flexibility index (Phi) is 17.8. The molecular formula is C54H47BrF4O12. The second kappa shape index (κ2) is 23.3. The lowest BCUT2D eigenvalue weighted by molar-refractivity contribution is -0.148. The number of hydrogen-bond acceptors (Lipinski definition) is 12. The van der Waals surface area contributed by atoms with Gasteiger partial charge in [-0.25, -0.2) is 17.6 Å². The molecule has 2 aliphatic carbocycles. The molecule has 2 heterocycles. The number of carbonyl (C=O) groups is 4. The second-order valence-electron chi connectivity index (χ2n) is 15.2. The third-order valence-electron chi connectivity index (χ3n) is 10.7. The van der Waals surface area contributed by atoms with Crippen LogP contribution < -0.4 is 20.3 Å². The Morgan fingerprint density at radius 1 is 0.577 bits per heavy atom. The minimum Gasteiger partial charge on any atom is -0.455 e. The predicted molar refractivity (Wildman–Crippen MR) is 264 cm³/mol. The standard InChI is InChI=1S/C25H17BrF2O6.C25H18F2O6.2C2H6/c1-11-6-14(9-29)4-5-15(11)20-16-8-19(28)24(33-10-32-13(3)30)12(2)23(16)34-25-17(20)7-18(27)22(31)21(25)26;1-12-6-15(10-28)4-5-16(12)23-17-7-19(26)21(30)9-22(17)33-24-13(2)25(20(27)8-18(23)24)32-11-31-14(3)29;2*1-2/h4-9H,10H2,1-3H3;4-10H,11H2,1-3H3;2*1-2H3. The summed E-state index contributed by atoms with van der Waals surface area (Å²) in [4.78, 5) is 68.7. The highest BCUT2D eigenvalue weighted by Crippen LogP contribution is 2.47. The maximum absolute atomic E-state index is 15.2. The number of fused-ring (bicyclic) bond motifs is 4. The first-order chi connectivity index (χ1) is 33.8. The molecule has 0 saturated carbocycles. The van der Waals surface area contributed by atoms with Crippen molar-refractivity contribution in [2.45, 2.75) is 69.2 Å². The molecule has 0 atom stereocenters. The van der Waals surface area contributed by atoms with Crippen LogP contribution in [0.3, 0.4) is 0 Å². The molecule has 0 bridgehead atoms. The third-order valence-corrected chi connectivity index (χ3v) is 11.4. The van der Waals surface area contributed by atoms with E-state index in [2.05, 4.69) is 15.9 Å². The molecule has 17 heteroatoms. The molecule has 0 saturated heterocycles. The number of esters is 2. The molecule has 0 radical (unpaired) electrons. The van der Waals surface area contributed by atoms with Gasteiger partial charge in [0.2, 0.25) is 24.4 Å². The molecule has 4 aliphatic rings. The van der Waals surface area contributed by atoms with E-state index in [1.807, 2.05) is 27.7 Å². The molecule has 0 aromatic heterocycles. The zero-order chi connectivity index (χ0) is 52.6. The maximum Gasteiger partial charge on any atom is 0.305 e. The Morgan fingerprint density at radius 2 is 1.01 bits per heavy atom. The van der Waals surface area contributed by atoms with Gasteiger partial charge in [0.15, 0.2) is 40.5 Å². The number of rotatable bonds is 10. The summed E-state index contributed by atoms with van der Waals surface area (Å²) in [5, 5.41) is 0.617. The van der Waals surface area contributed by atoms with Gasteiger partial charge in [0.1, 0.15) is 34.0 Å². The molecule has 12 nitrogen and oxygen atoms in total. The van der Waals surface area contributed by atoms with E-state index in [9.17, 15) is 37.5 Å². The zero-order valence-electron chi connectivity index (χ0n) is 40.2. The Morgan fingerprint density at radius 3 is 1.45 bits per heavy atom. The van der Waals surface area contributed by atoms with Crippen molar-refractivity contribution in [3.05, 3.63) is 148 Å². The summed E-state index contributed by atoms with van der Waals surface area (Å²) in [6.07, 6.45) is 1.40. The van der Waals surface area contributed by atoms with E-state index in [0.717, 1.165) is 18.2 Å². The van der Waals surface area contributed by atoms with Crippen molar-refractivity contribution in [3.8, 4) is 56.4 Å². The van der Waals surface area contributed by atoms with E-state index < -0.39 is 59.7 Å². The van der Waals surface area contributed by atoms with Crippen LogP contribution in [0.5, 0.6) is 11.5 Å². The lowest BCUT2D eigenvalue weighted by atomic mass is 9.89. The Labute approximate surface area is 412 Å². The smallest absolute Gasteiger partial charge is 0.305 e. The summed E-state index contributed by atoms with van der Waals surface area (Å²) >= 11 is 3.13. The van der Waals surface area contributed by atoms with Gasteiger partial charge in [-0.15, -0.1) is 0 Å². The van der Waals surface area contributed by atoms with Crippen LogP contribution in [0.4, 0.5) is 17.6 Å². The molecule has 2 aliphatic heterocycles. The van der Waals surface area contributed by atoms with E-state index in [1.165, 1.54) is 26.0 Å². The van der Waals surface area contributed by atoms with Gasteiger partial charge in [-0.3, -0.25) is 28.8 Å². The number of benzene rings is 6. The number of hydrogen-bond donors (Lipinski definition) is 0. The predicted octanol–water partition coefficient (Wildman–Crippen LogP) is 13.2. The molecule has 4 aromatic rings. The topological polar surface area (TPSA) is 166 Å². The van der Waals surface area contributed by atoms with Gasteiger partial charge in [-0.2, -0.15) is 0 Å². The summed E-state index contributed by atoms with van der Waals surface area (Å²) in [5.41, 5.74) is 3.98. The first-order valence-corrected chi connectivity index (χ1v) is 22.8. The van der Waals surface area contributed by atoms with Gasteiger partial charge in [0.25, 0.3) is 0 Å². The average molecular weight is 1040 g/mol. The summed E-state index contributed by atoms with van der Waals surface area (Å²) < 4.78 is 90.8. The quantitative estimate of drug-likeness (QED) is 0.0419. The molecule has 8 rings (SSSR count). The lowest BCUT2D eigenvalue weighted by Crippen LogP contribution is -2.11. The summed E-state index contributed by atoms with van der Waals surface area (Å²) in [5.74, 6) is -4.88. The molecule has 4 aromatic carbocycles. The average Bonchev–Trinajstić information content (AvgIpc) is 3.34. The SMILES string of the molecule is CC.CC.CC(=O)OCOc1c(F)cc2c(-c3ccc(C=O)cc3C)c3cc(F)c(=O)c(Br)c-3oc2c1C.CC(=O)OCOc1c(F)cc2c(-c3ccc(C=O)cc3C)c3cc(F)c(=O)cc-3oc2c1C. The molecule has 0 spiro atoms. The van der Waals surface area contributed by atoms with Crippen LogP contribution in [0.25, 0.3) is 66.8 Å². The second-order valence-corrected chi connectivity index (χ2v) is 16.0. The molecular weight excluding hydrogens is 996 g/mol. The minimum absolute atomic E-state index is 0.0633. The highest BCUT2D eigenvalue weighted by molar-refractivity contribution is 9.10. The van der Waals surface area contributed by atoms with Gasteiger partial charge in [-0.05, 0) is 102 Å². The van der Waals surface area contributed by atoms with Crippen molar-refractivity contribution in [1.29, 1.82) is 0 Å². The molecule has 0 amide bonds. The van der Waals surface area contributed by atoms with Crippen molar-refractivity contribution in [2.75, 3.05) is 13.6 Å². The fourth-order valence-electron chi connectivity index (χ4n) is 7.66. The largest absolute Gasteiger partial charge is 0.455 e. The van der Waals surface area contributed by atoms with Gasteiger partial charge in [-0.1, -0.05) is 52.0 Å². The van der Waals surface area contributed by atoms with E-state index >= 15 is 8.78 Å². The number of ether oxygens (including phenoxy) is 4. The van der Waals surface area contributed by atoms with Crippen molar-refractivity contribution < 1.29 is 64.5 Å². The number of aryl methyl sites for hydroxylation is 4. The van der Waals surface area contributed by atoms with Crippen LogP contribution in [-0.2, 0) is 19.1 Å². The van der Waals surface area contributed by atoms with Gasteiger partial charge in [0, 0.05) is 75.2 Å². The normalized spacial score (nSPS) is 10.6. The number of halogens is 5. The van der Waals surface area contributed by atoms with E-state index in [1.54, 1.807) is 64.1 Å². The lowest BCUT2D eigenvalue weighted by Gasteiger charge is -2.20. The molecule has 0 N–H and O–H groups in total. The molecule has 370 valence electrons. The van der Waals surface area contributed by atoms with E-state index in [0.29, 0.717) is 67.9 Å². The maximum atomic E-state index is 15.2. The highest BCUT2D eigenvalue weighted by Gasteiger charge is 2.28. The Balaban J connectivity index is 0.000000247. The first kappa shape index (κ1) is 54.3. The van der Waals surface area contributed by atoms with E-state index in [4.69, 9.17) is 27.8 Å². The molecule has 0 fully saturated rings.